The van der Waals surface area contributed by atoms with E-state index in [-0.39, 0.29) is 37.4 Å². The lowest BCUT2D eigenvalue weighted by atomic mass is 9.84. The van der Waals surface area contributed by atoms with Crippen LogP contribution in [0, 0.1) is 23.7 Å². The summed E-state index contributed by atoms with van der Waals surface area (Å²) in [6, 6.07) is -0.113. The molecule has 0 aromatic rings. The van der Waals surface area contributed by atoms with E-state index >= 15 is 0 Å². The topological polar surface area (TPSA) is 69.6 Å². The van der Waals surface area contributed by atoms with E-state index < -0.39 is 24.5 Å². The van der Waals surface area contributed by atoms with Crippen molar-refractivity contribution in [2.24, 2.45) is 23.7 Å². The molecule has 2 N–H and O–H groups in total. The van der Waals surface area contributed by atoms with Crippen molar-refractivity contribution in [3.63, 3.8) is 0 Å². The smallest absolute Gasteiger partial charge is 0.396 e. The number of carbonyl (C=O) groups is 2. The maximum atomic E-state index is 12.4. The number of amides is 2. The maximum absolute atomic E-state index is 12.4. The average Bonchev–Trinajstić information content (AvgIpc) is 3.13. The zero-order chi connectivity index (χ0) is 16.8. The van der Waals surface area contributed by atoms with Crippen molar-refractivity contribution in [2.75, 3.05) is 19.7 Å². The van der Waals surface area contributed by atoms with Gasteiger partial charge in [-0.3, -0.25) is 9.59 Å². The summed E-state index contributed by atoms with van der Waals surface area (Å²) in [4.78, 5) is 24.7. The Balaban J connectivity index is 1.58. The number of aliphatic hydroxyl groups excluding tert-OH is 1. The van der Waals surface area contributed by atoms with E-state index in [0.29, 0.717) is 16.7 Å². The highest BCUT2D eigenvalue weighted by molar-refractivity contribution is 5.89. The number of alkyl halides is 3. The summed E-state index contributed by atoms with van der Waals surface area (Å²) in [5.41, 5.74) is 0. The standard InChI is InChI=1S/C15H21F3N2O3/c16-15(17,18)7-20-5-10(4-12(20)22)14(23)19-13-9-2-1-8(3-9)11(13)6-21/h8-11,13,21H,1-7H2,(H,19,23). The van der Waals surface area contributed by atoms with E-state index in [1.807, 2.05) is 0 Å². The van der Waals surface area contributed by atoms with Crippen molar-refractivity contribution in [3.8, 4) is 0 Å². The number of hydrogen-bond donors (Lipinski definition) is 2. The monoisotopic (exact) mass is 334 g/mol. The van der Waals surface area contributed by atoms with Crippen molar-refractivity contribution in [3.05, 3.63) is 0 Å². The number of nitrogens with one attached hydrogen (secondary N) is 1. The van der Waals surface area contributed by atoms with E-state index in [0.717, 1.165) is 19.3 Å². The first-order valence-electron chi connectivity index (χ1n) is 8.04. The van der Waals surface area contributed by atoms with E-state index in [2.05, 4.69) is 5.32 Å². The lowest BCUT2D eigenvalue weighted by Gasteiger charge is -2.31. The number of likely N-dealkylation sites (tertiary alicyclic amines) is 1. The van der Waals surface area contributed by atoms with Crippen molar-refractivity contribution in [1.82, 2.24) is 10.2 Å². The van der Waals surface area contributed by atoms with Crippen LogP contribution in [0.25, 0.3) is 0 Å². The molecule has 0 spiro atoms. The van der Waals surface area contributed by atoms with Crippen molar-refractivity contribution in [1.29, 1.82) is 0 Å². The Morgan fingerprint density at radius 1 is 1.30 bits per heavy atom. The van der Waals surface area contributed by atoms with Crippen LogP contribution in [0.4, 0.5) is 13.2 Å². The summed E-state index contributed by atoms with van der Waals surface area (Å²) in [6.45, 7) is -1.48. The molecule has 23 heavy (non-hydrogen) atoms. The van der Waals surface area contributed by atoms with Crippen LogP contribution in [0.2, 0.25) is 0 Å². The largest absolute Gasteiger partial charge is 0.406 e. The van der Waals surface area contributed by atoms with E-state index in [1.165, 1.54) is 0 Å². The molecule has 3 rings (SSSR count). The van der Waals surface area contributed by atoms with Crippen LogP contribution >= 0.6 is 0 Å². The Kier molecular flexibility index (Phi) is 4.29. The molecule has 5 unspecified atom stereocenters. The molecular weight excluding hydrogens is 313 g/mol. The SMILES string of the molecule is O=C(NC1C2CCC(C2)C1CO)C1CC(=O)N(CC(F)(F)F)C1. The lowest BCUT2D eigenvalue weighted by molar-refractivity contribution is -0.157. The third-order valence-electron chi connectivity index (χ3n) is 5.56. The Bertz CT molecular complexity index is 497. The number of hydrogen-bond acceptors (Lipinski definition) is 3. The molecule has 1 saturated heterocycles. The number of fused-ring (bicyclic) bond motifs is 2. The Morgan fingerprint density at radius 3 is 2.65 bits per heavy atom. The minimum atomic E-state index is -4.45. The molecule has 3 aliphatic rings. The van der Waals surface area contributed by atoms with E-state index in [9.17, 15) is 27.9 Å². The highest BCUT2D eigenvalue weighted by Gasteiger charge is 2.49. The fourth-order valence-electron chi connectivity index (χ4n) is 4.50. The van der Waals surface area contributed by atoms with Crippen molar-refractivity contribution < 1.29 is 27.9 Å². The Morgan fingerprint density at radius 2 is 2.00 bits per heavy atom. The second-order valence-corrected chi connectivity index (χ2v) is 7.00. The Labute approximate surface area is 132 Å². The number of halogens is 3. The number of rotatable bonds is 4. The number of aliphatic hydroxyl groups is 1. The first-order chi connectivity index (χ1) is 10.8. The highest BCUT2D eigenvalue weighted by atomic mass is 19.4. The van der Waals surface area contributed by atoms with Gasteiger partial charge in [-0.25, -0.2) is 0 Å². The zero-order valence-electron chi connectivity index (χ0n) is 12.7. The molecule has 5 nitrogen and oxygen atoms in total. The fourth-order valence-corrected chi connectivity index (χ4v) is 4.50. The summed E-state index contributed by atoms with van der Waals surface area (Å²) >= 11 is 0. The second-order valence-electron chi connectivity index (χ2n) is 7.00. The highest BCUT2D eigenvalue weighted by Crippen LogP contribution is 2.48. The molecule has 8 heteroatoms. The molecule has 1 aliphatic heterocycles. The Hall–Kier alpha value is -1.31. The summed E-state index contributed by atoms with van der Waals surface area (Å²) < 4.78 is 37.2. The van der Waals surface area contributed by atoms with Crippen LogP contribution in [0.15, 0.2) is 0 Å². The third-order valence-corrected chi connectivity index (χ3v) is 5.56. The molecule has 2 saturated carbocycles. The van der Waals surface area contributed by atoms with E-state index in [4.69, 9.17) is 0 Å². The van der Waals surface area contributed by atoms with Crippen LogP contribution in [0.3, 0.4) is 0 Å². The molecule has 2 aliphatic carbocycles. The average molecular weight is 334 g/mol. The van der Waals surface area contributed by atoms with E-state index in [1.54, 1.807) is 0 Å². The maximum Gasteiger partial charge on any atom is 0.406 e. The fraction of sp³-hybridized carbons (Fsp3) is 0.867. The van der Waals surface area contributed by atoms with Crippen LogP contribution in [-0.4, -0.2) is 53.7 Å². The molecule has 0 radical (unpaired) electrons. The summed E-state index contributed by atoms with van der Waals surface area (Å²) in [5, 5.41) is 12.4. The van der Waals surface area contributed by atoms with Crippen LogP contribution in [0.1, 0.15) is 25.7 Å². The number of carbonyl (C=O) groups excluding carboxylic acids is 2. The van der Waals surface area contributed by atoms with Gasteiger partial charge in [0, 0.05) is 31.5 Å². The molecule has 0 aromatic carbocycles. The summed E-state index contributed by atoms with van der Waals surface area (Å²) in [6.07, 6.45) is -1.57. The van der Waals surface area contributed by atoms with Gasteiger partial charge in [-0.2, -0.15) is 13.2 Å². The van der Waals surface area contributed by atoms with Gasteiger partial charge < -0.3 is 15.3 Å². The van der Waals surface area contributed by atoms with Gasteiger partial charge in [0.05, 0.1) is 5.92 Å². The second kappa shape index (κ2) is 5.96. The predicted molar refractivity (Wildman–Crippen MR) is 74.1 cm³/mol. The quantitative estimate of drug-likeness (QED) is 0.803. The zero-order valence-corrected chi connectivity index (χ0v) is 12.7. The van der Waals surface area contributed by atoms with Crippen LogP contribution < -0.4 is 5.32 Å². The first-order valence-corrected chi connectivity index (χ1v) is 8.04. The molecule has 0 aromatic heterocycles. The molecule has 2 amide bonds. The van der Waals surface area contributed by atoms with Gasteiger partial charge in [-0.15, -0.1) is 0 Å². The molecule has 3 fully saturated rings. The van der Waals surface area contributed by atoms with Gasteiger partial charge in [-0.1, -0.05) is 0 Å². The van der Waals surface area contributed by atoms with Gasteiger partial charge >= 0.3 is 6.18 Å². The van der Waals surface area contributed by atoms with Gasteiger partial charge in [0.15, 0.2) is 0 Å². The normalized spacial score (nSPS) is 36.8. The van der Waals surface area contributed by atoms with Gasteiger partial charge in [0.1, 0.15) is 6.54 Å². The van der Waals surface area contributed by atoms with Crippen molar-refractivity contribution >= 4 is 11.8 Å². The molecular formula is C15H21F3N2O3. The minimum absolute atomic E-state index is 0.00983. The number of nitrogens with zero attached hydrogens (tertiary/aromatic N) is 1. The molecule has 1 heterocycles. The van der Waals surface area contributed by atoms with Gasteiger partial charge in [0.25, 0.3) is 0 Å². The molecule has 2 bridgehead atoms. The lowest BCUT2D eigenvalue weighted by Crippen LogP contribution is -2.47. The molecule has 130 valence electrons. The summed E-state index contributed by atoms with van der Waals surface area (Å²) in [7, 11) is 0. The summed E-state index contributed by atoms with van der Waals surface area (Å²) in [5.74, 6) is -0.940. The predicted octanol–water partition coefficient (Wildman–Crippen LogP) is 0.920. The molecule has 5 atom stereocenters. The first kappa shape index (κ1) is 16.5. The minimum Gasteiger partial charge on any atom is -0.396 e. The van der Waals surface area contributed by atoms with Crippen molar-refractivity contribution in [2.45, 2.75) is 37.9 Å². The van der Waals surface area contributed by atoms with Gasteiger partial charge in [-0.05, 0) is 31.1 Å². The van der Waals surface area contributed by atoms with Crippen LogP contribution in [0.5, 0.6) is 0 Å². The van der Waals surface area contributed by atoms with Crippen LogP contribution in [-0.2, 0) is 9.59 Å². The van der Waals surface area contributed by atoms with Gasteiger partial charge in [0.2, 0.25) is 11.8 Å². The third kappa shape index (κ3) is 3.32.